The van der Waals surface area contributed by atoms with Crippen molar-refractivity contribution in [1.29, 1.82) is 0 Å². The van der Waals surface area contributed by atoms with Gasteiger partial charge in [0, 0.05) is 30.6 Å². The highest BCUT2D eigenvalue weighted by atomic mass is 32.2. The molecule has 0 aliphatic carbocycles. The number of para-hydroxylation sites is 1. The van der Waals surface area contributed by atoms with Crippen molar-refractivity contribution in [3.63, 3.8) is 0 Å². The van der Waals surface area contributed by atoms with E-state index in [4.69, 9.17) is 4.74 Å². The van der Waals surface area contributed by atoms with E-state index in [2.05, 4.69) is 29.9 Å². The van der Waals surface area contributed by atoms with Gasteiger partial charge in [-0.05, 0) is 42.6 Å². The first-order valence-electron chi connectivity index (χ1n) is 9.63. The lowest BCUT2D eigenvalue weighted by molar-refractivity contribution is 0.398. The Labute approximate surface area is 187 Å². The van der Waals surface area contributed by atoms with Gasteiger partial charge in [-0.2, -0.15) is 0 Å². The van der Waals surface area contributed by atoms with Gasteiger partial charge < -0.3 is 4.74 Å². The molecule has 1 aromatic carbocycles. The van der Waals surface area contributed by atoms with Crippen molar-refractivity contribution in [2.75, 3.05) is 17.6 Å². The number of hydrogen-bond acceptors (Lipinski definition) is 8. The summed E-state index contributed by atoms with van der Waals surface area (Å²) in [5, 5.41) is 8.23. The van der Waals surface area contributed by atoms with Crippen LogP contribution in [0.4, 0.5) is 14.7 Å². The monoisotopic (exact) mass is 455 g/mol. The van der Waals surface area contributed by atoms with Crippen LogP contribution in [-0.4, -0.2) is 42.6 Å². The van der Waals surface area contributed by atoms with E-state index >= 15 is 0 Å². The van der Waals surface area contributed by atoms with Gasteiger partial charge in [0.2, 0.25) is 11.8 Å². The number of benzene rings is 1. The van der Waals surface area contributed by atoms with Crippen LogP contribution >= 0.6 is 11.9 Å². The second-order valence-corrected chi connectivity index (χ2v) is 7.60. The third-order valence-corrected chi connectivity index (χ3v) is 5.15. The molecule has 0 saturated heterocycles. The fourth-order valence-corrected chi connectivity index (χ4v) is 3.54. The quantitative estimate of drug-likeness (QED) is 0.315. The van der Waals surface area contributed by atoms with Crippen molar-refractivity contribution in [3.05, 3.63) is 71.8 Å². The van der Waals surface area contributed by atoms with Crippen LogP contribution < -0.4 is 9.46 Å². The predicted molar refractivity (Wildman–Crippen MR) is 118 cm³/mol. The Morgan fingerprint density at radius 2 is 1.75 bits per heavy atom. The molecule has 0 atom stereocenters. The second-order valence-electron chi connectivity index (χ2n) is 6.70. The number of aryl methyl sites for hydroxylation is 2. The number of halogens is 2. The van der Waals surface area contributed by atoms with Gasteiger partial charge in [0.25, 0.3) is 0 Å². The molecule has 0 radical (unpaired) electrons. The molecule has 164 valence electrons. The Balaban J connectivity index is 1.63. The maximum absolute atomic E-state index is 14.7. The molecule has 0 bridgehead atoms. The fourth-order valence-electron chi connectivity index (χ4n) is 2.89. The molecule has 0 amide bonds. The molecule has 0 fully saturated rings. The van der Waals surface area contributed by atoms with Crippen molar-refractivity contribution >= 4 is 17.9 Å². The normalized spacial score (nSPS) is 10.9. The standard InChI is InChI=1S/C21H19F2N7OS/c1-13-11-24-17(25-12-13)9-10-32-29-21-28-27-20(16-7-4-8-18(26-16)31-2)30(21)19-14(22)5-3-6-15(19)23/h3-8,11-12H,9-10H2,1-2H3,(H,28,29). The van der Waals surface area contributed by atoms with Crippen LogP contribution in [0.5, 0.6) is 5.88 Å². The summed E-state index contributed by atoms with van der Waals surface area (Å²) >= 11 is 1.30. The third-order valence-electron chi connectivity index (χ3n) is 4.41. The Bertz CT molecular complexity index is 1200. The van der Waals surface area contributed by atoms with Crippen LogP contribution in [0.3, 0.4) is 0 Å². The smallest absolute Gasteiger partial charge is 0.239 e. The van der Waals surface area contributed by atoms with E-state index in [-0.39, 0.29) is 17.5 Å². The van der Waals surface area contributed by atoms with E-state index in [0.717, 1.165) is 5.56 Å². The predicted octanol–water partition coefficient (Wildman–Crippen LogP) is 4.02. The number of nitrogens with one attached hydrogen (secondary N) is 1. The van der Waals surface area contributed by atoms with Gasteiger partial charge in [0.15, 0.2) is 5.82 Å². The van der Waals surface area contributed by atoms with E-state index in [9.17, 15) is 8.78 Å². The molecule has 1 N–H and O–H groups in total. The maximum Gasteiger partial charge on any atom is 0.239 e. The topological polar surface area (TPSA) is 90.6 Å². The number of anilines is 1. The zero-order valence-electron chi connectivity index (χ0n) is 17.3. The number of ether oxygens (including phenoxy) is 1. The van der Waals surface area contributed by atoms with Crippen LogP contribution in [0.15, 0.2) is 48.8 Å². The van der Waals surface area contributed by atoms with Gasteiger partial charge >= 0.3 is 0 Å². The molecule has 0 spiro atoms. The van der Waals surface area contributed by atoms with Gasteiger partial charge in [-0.15, -0.1) is 10.2 Å². The van der Waals surface area contributed by atoms with Crippen LogP contribution in [-0.2, 0) is 6.42 Å². The third kappa shape index (κ3) is 4.67. The largest absolute Gasteiger partial charge is 0.481 e. The lowest BCUT2D eigenvalue weighted by atomic mass is 10.2. The summed E-state index contributed by atoms with van der Waals surface area (Å²) in [6, 6.07) is 8.68. The van der Waals surface area contributed by atoms with E-state index in [1.165, 1.54) is 41.8 Å². The minimum absolute atomic E-state index is 0.156. The van der Waals surface area contributed by atoms with Crippen LogP contribution in [0.25, 0.3) is 17.2 Å². The average molecular weight is 455 g/mol. The Kier molecular flexibility index (Phi) is 6.55. The zero-order chi connectivity index (χ0) is 22.5. The summed E-state index contributed by atoms with van der Waals surface area (Å²) in [6.07, 6.45) is 4.11. The van der Waals surface area contributed by atoms with Crippen molar-refractivity contribution < 1.29 is 13.5 Å². The van der Waals surface area contributed by atoms with Crippen molar-refractivity contribution in [1.82, 2.24) is 29.7 Å². The van der Waals surface area contributed by atoms with E-state index in [1.807, 2.05) is 6.92 Å². The zero-order valence-corrected chi connectivity index (χ0v) is 18.1. The molecular weight excluding hydrogens is 436 g/mol. The molecule has 0 unspecified atom stereocenters. The highest BCUT2D eigenvalue weighted by Crippen LogP contribution is 2.29. The summed E-state index contributed by atoms with van der Waals surface area (Å²) in [5.74, 6) is 0.454. The van der Waals surface area contributed by atoms with Crippen molar-refractivity contribution in [2.24, 2.45) is 0 Å². The van der Waals surface area contributed by atoms with E-state index in [1.54, 1.807) is 30.6 Å². The summed E-state index contributed by atoms with van der Waals surface area (Å²) in [7, 11) is 1.48. The lowest BCUT2D eigenvalue weighted by Crippen LogP contribution is -2.08. The number of pyridine rings is 1. The Morgan fingerprint density at radius 1 is 1.03 bits per heavy atom. The van der Waals surface area contributed by atoms with Crippen LogP contribution in [0.1, 0.15) is 11.4 Å². The van der Waals surface area contributed by atoms with Crippen LogP contribution in [0.2, 0.25) is 0 Å². The highest BCUT2D eigenvalue weighted by molar-refractivity contribution is 8.00. The van der Waals surface area contributed by atoms with Gasteiger partial charge in [-0.1, -0.05) is 12.1 Å². The second kappa shape index (κ2) is 9.69. The summed E-state index contributed by atoms with van der Waals surface area (Å²) < 4.78 is 38.8. The van der Waals surface area contributed by atoms with Crippen LogP contribution in [0, 0.1) is 18.6 Å². The molecule has 0 aliphatic rings. The molecule has 32 heavy (non-hydrogen) atoms. The molecule has 3 heterocycles. The molecule has 3 aromatic heterocycles. The Morgan fingerprint density at radius 3 is 2.47 bits per heavy atom. The number of nitrogens with zero attached hydrogens (tertiary/aromatic N) is 6. The van der Waals surface area contributed by atoms with Crippen molar-refractivity contribution in [2.45, 2.75) is 13.3 Å². The highest BCUT2D eigenvalue weighted by Gasteiger charge is 2.22. The van der Waals surface area contributed by atoms with Gasteiger partial charge in [-0.25, -0.2) is 23.7 Å². The first-order chi connectivity index (χ1) is 15.6. The summed E-state index contributed by atoms with van der Waals surface area (Å²) in [4.78, 5) is 12.9. The van der Waals surface area contributed by atoms with E-state index < -0.39 is 11.6 Å². The number of aromatic nitrogens is 6. The van der Waals surface area contributed by atoms with Gasteiger partial charge in [-0.3, -0.25) is 9.29 Å². The van der Waals surface area contributed by atoms with Crippen molar-refractivity contribution in [3.8, 4) is 23.1 Å². The summed E-state index contributed by atoms with van der Waals surface area (Å²) in [6.45, 7) is 1.92. The average Bonchev–Trinajstić information content (AvgIpc) is 3.21. The first kappa shape index (κ1) is 21.6. The molecular formula is C21H19F2N7OS. The lowest BCUT2D eigenvalue weighted by Gasteiger charge is -2.13. The number of hydrogen-bond donors (Lipinski definition) is 1. The summed E-state index contributed by atoms with van der Waals surface area (Å²) in [5.41, 5.74) is 1.03. The maximum atomic E-state index is 14.7. The molecule has 0 saturated carbocycles. The molecule has 4 rings (SSSR count). The Hall–Kier alpha value is -3.60. The van der Waals surface area contributed by atoms with E-state index in [0.29, 0.717) is 29.6 Å². The first-order valence-corrected chi connectivity index (χ1v) is 10.6. The minimum Gasteiger partial charge on any atom is -0.481 e. The number of methoxy groups -OCH3 is 1. The minimum atomic E-state index is -0.755. The molecule has 8 nitrogen and oxygen atoms in total. The molecule has 11 heteroatoms. The van der Waals surface area contributed by atoms with Gasteiger partial charge in [0.1, 0.15) is 28.8 Å². The SMILES string of the molecule is COc1cccc(-c2nnc(NSCCc3ncc(C)cn3)n2-c2c(F)cccc2F)n1. The fraction of sp³-hybridized carbons (Fsp3) is 0.190. The molecule has 0 aliphatic heterocycles. The number of rotatable bonds is 8. The van der Waals surface area contributed by atoms with Gasteiger partial charge in [0.05, 0.1) is 7.11 Å². The molecule has 4 aromatic rings.